The van der Waals surface area contributed by atoms with Gasteiger partial charge in [0.1, 0.15) is 0 Å². The summed E-state index contributed by atoms with van der Waals surface area (Å²) in [6.45, 7) is 4.76. The number of hydrogen-bond donors (Lipinski definition) is 2. The van der Waals surface area contributed by atoms with Gasteiger partial charge in [-0.15, -0.1) is 0 Å². The lowest BCUT2D eigenvalue weighted by atomic mass is 9.98. The van der Waals surface area contributed by atoms with E-state index >= 15 is 0 Å². The van der Waals surface area contributed by atoms with Crippen molar-refractivity contribution in [2.75, 3.05) is 19.6 Å². The lowest BCUT2D eigenvalue weighted by Gasteiger charge is -2.22. The predicted octanol–water partition coefficient (Wildman–Crippen LogP) is 3.44. The smallest absolute Gasteiger partial charge is 0.252 e. The van der Waals surface area contributed by atoms with Gasteiger partial charge in [0.2, 0.25) is 0 Å². The molecule has 0 saturated carbocycles. The number of benzene rings is 1. The van der Waals surface area contributed by atoms with Crippen LogP contribution in [0, 0.1) is 12.8 Å². The maximum atomic E-state index is 12.4. The molecule has 4 nitrogen and oxygen atoms in total. The van der Waals surface area contributed by atoms with Gasteiger partial charge in [0.25, 0.3) is 5.91 Å². The van der Waals surface area contributed by atoms with Crippen LogP contribution in [-0.2, 0) is 0 Å². The summed E-state index contributed by atoms with van der Waals surface area (Å²) in [6.07, 6.45) is 5.59. The largest absolute Gasteiger partial charge is 0.352 e. The molecule has 0 radical (unpaired) electrons. The van der Waals surface area contributed by atoms with Gasteiger partial charge in [-0.05, 0) is 62.0 Å². The molecule has 1 amide bonds. The van der Waals surface area contributed by atoms with Crippen LogP contribution in [-0.4, -0.2) is 30.5 Å². The Hall–Kier alpha value is -1.91. The van der Waals surface area contributed by atoms with E-state index in [1.54, 1.807) is 12.4 Å². The summed E-state index contributed by atoms with van der Waals surface area (Å²) < 4.78 is 0. The van der Waals surface area contributed by atoms with Gasteiger partial charge in [-0.2, -0.15) is 0 Å². The number of carbonyl (C=O) groups excluding carboxylic acids is 1. The van der Waals surface area contributed by atoms with Gasteiger partial charge in [-0.1, -0.05) is 23.7 Å². The summed E-state index contributed by atoms with van der Waals surface area (Å²) in [6, 6.07) is 7.74. The number of amides is 1. The van der Waals surface area contributed by atoms with Crippen LogP contribution in [0.3, 0.4) is 0 Å². The quantitative estimate of drug-likeness (QED) is 0.894. The number of carbonyl (C=O) groups is 1. The van der Waals surface area contributed by atoms with Gasteiger partial charge in [0, 0.05) is 29.5 Å². The molecule has 24 heavy (non-hydrogen) atoms. The first kappa shape index (κ1) is 16.9. The maximum Gasteiger partial charge on any atom is 0.252 e. The molecular formula is C19H22ClN3O. The fourth-order valence-corrected chi connectivity index (χ4v) is 3.10. The number of nitrogens with zero attached hydrogens (tertiary/aromatic N) is 1. The average Bonchev–Trinajstić information content (AvgIpc) is 2.63. The number of hydrogen-bond acceptors (Lipinski definition) is 3. The van der Waals surface area contributed by atoms with Crippen LogP contribution in [0.2, 0.25) is 5.02 Å². The average molecular weight is 344 g/mol. The van der Waals surface area contributed by atoms with Gasteiger partial charge in [0.05, 0.1) is 5.56 Å². The molecule has 0 aliphatic carbocycles. The Balaban J connectivity index is 1.69. The summed E-state index contributed by atoms with van der Waals surface area (Å²) in [5.41, 5.74) is 3.47. The second kappa shape index (κ2) is 7.77. The van der Waals surface area contributed by atoms with Crippen molar-refractivity contribution >= 4 is 17.5 Å². The number of halogens is 1. The summed E-state index contributed by atoms with van der Waals surface area (Å²) in [5, 5.41) is 7.09. The van der Waals surface area contributed by atoms with Crippen LogP contribution in [0.4, 0.5) is 0 Å². The number of rotatable bonds is 4. The number of aryl methyl sites for hydroxylation is 1. The van der Waals surface area contributed by atoms with Crippen LogP contribution >= 0.6 is 11.6 Å². The first-order valence-electron chi connectivity index (χ1n) is 8.34. The second-order valence-electron chi connectivity index (χ2n) is 6.33. The van der Waals surface area contributed by atoms with E-state index in [0.29, 0.717) is 16.5 Å². The molecule has 3 rings (SSSR count). The molecule has 5 heteroatoms. The molecule has 126 valence electrons. The molecule has 0 bridgehead atoms. The Morgan fingerprint density at radius 3 is 2.79 bits per heavy atom. The third-order valence-electron chi connectivity index (χ3n) is 4.52. The van der Waals surface area contributed by atoms with E-state index in [1.807, 2.05) is 31.2 Å². The zero-order valence-corrected chi connectivity index (χ0v) is 14.6. The van der Waals surface area contributed by atoms with E-state index < -0.39 is 0 Å². The normalized spacial score (nSPS) is 15.2. The molecule has 0 spiro atoms. The summed E-state index contributed by atoms with van der Waals surface area (Å²) >= 11 is 6.20. The van der Waals surface area contributed by atoms with Gasteiger partial charge < -0.3 is 10.6 Å². The van der Waals surface area contributed by atoms with Crippen LogP contribution in [0.25, 0.3) is 11.1 Å². The molecule has 1 aliphatic rings. The highest BCUT2D eigenvalue weighted by atomic mass is 35.5. The topological polar surface area (TPSA) is 54.0 Å². The standard InChI is InChI=1S/C19H22ClN3O/c1-13-2-3-15(9-18(13)20)16-8-17(12-22-11-16)19(24)23-10-14-4-6-21-7-5-14/h2-3,8-9,11-12,14,21H,4-7,10H2,1H3,(H,23,24). The third-order valence-corrected chi connectivity index (χ3v) is 4.92. The van der Waals surface area contributed by atoms with Crippen molar-refractivity contribution in [2.45, 2.75) is 19.8 Å². The second-order valence-corrected chi connectivity index (χ2v) is 6.74. The Morgan fingerprint density at radius 1 is 1.25 bits per heavy atom. The highest BCUT2D eigenvalue weighted by Crippen LogP contribution is 2.25. The minimum atomic E-state index is -0.0684. The molecule has 1 fully saturated rings. The Morgan fingerprint density at radius 2 is 2.04 bits per heavy atom. The van der Waals surface area contributed by atoms with E-state index in [4.69, 9.17) is 11.6 Å². The van der Waals surface area contributed by atoms with Crippen LogP contribution in [0.1, 0.15) is 28.8 Å². The van der Waals surface area contributed by atoms with Crippen LogP contribution < -0.4 is 10.6 Å². The molecular weight excluding hydrogens is 322 g/mol. The first-order chi connectivity index (χ1) is 11.6. The van der Waals surface area contributed by atoms with E-state index in [-0.39, 0.29) is 5.91 Å². The lowest BCUT2D eigenvalue weighted by Crippen LogP contribution is -2.36. The summed E-state index contributed by atoms with van der Waals surface area (Å²) in [5.74, 6) is 0.489. The van der Waals surface area contributed by atoms with Crippen molar-refractivity contribution in [3.05, 3.63) is 52.8 Å². The Labute approximate surface area is 147 Å². The molecule has 2 heterocycles. The van der Waals surface area contributed by atoms with Crippen LogP contribution in [0.5, 0.6) is 0 Å². The maximum absolute atomic E-state index is 12.4. The molecule has 1 aliphatic heterocycles. The summed E-state index contributed by atoms with van der Waals surface area (Å²) in [7, 11) is 0. The van der Waals surface area contributed by atoms with Crippen molar-refractivity contribution in [3.8, 4) is 11.1 Å². The summed E-state index contributed by atoms with van der Waals surface area (Å²) in [4.78, 5) is 16.6. The van der Waals surface area contributed by atoms with Crippen LogP contribution in [0.15, 0.2) is 36.7 Å². The molecule has 2 aromatic rings. The highest BCUT2D eigenvalue weighted by molar-refractivity contribution is 6.31. The Bertz CT molecular complexity index is 726. The molecule has 1 aromatic heterocycles. The van der Waals surface area contributed by atoms with Gasteiger partial charge in [0.15, 0.2) is 0 Å². The molecule has 0 unspecified atom stereocenters. The zero-order valence-electron chi connectivity index (χ0n) is 13.8. The van der Waals surface area contributed by atoms with Crippen molar-refractivity contribution < 1.29 is 4.79 Å². The molecule has 1 aromatic carbocycles. The van der Waals surface area contributed by atoms with E-state index in [9.17, 15) is 4.79 Å². The fourth-order valence-electron chi connectivity index (χ4n) is 2.92. The molecule has 0 atom stereocenters. The first-order valence-corrected chi connectivity index (χ1v) is 8.72. The minimum Gasteiger partial charge on any atom is -0.352 e. The van der Waals surface area contributed by atoms with Crippen molar-refractivity contribution in [1.29, 1.82) is 0 Å². The fraction of sp³-hybridized carbons (Fsp3) is 0.368. The SMILES string of the molecule is Cc1ccc(-c2cncc(C(=O)NCC3CCNCC3)c2)cc1Cl. The number of pyridine rings is 1. The minimum absolute atomic E-state index is 0.0684. The molecule has 2 N–H and O–H groups in total. The van der Waals surface area contributed by atoms with Gasteiger partial charge in [-0.25, -0.2) is 0 Å². The monoisotopic (exact) mass is 343 g/mol. The van der Waals surface area contributed by atoms with Crippen molar-refractivity contribution in [1.82, 2.24) is 15.6 Å². The van der Waals surface area contributed by atoms with Gasteiger partial charge in [-0.3, -0.25) is 9.78 Å². The van der Waals surface area contributed by atoms with E-state index in [2.05, 4.69) is 15.6 Å². The number of aromatic nitrogens is 1. The number of nitrogens with one attached hydrogen (secondary N) is 2. The number of piperidine rings is 1. The van der Waals surface area contributed by atoms with E-state index in [0.717, 1.165) is 49.2 Å². The van der Waals surface area contributed by atoms with Crippen molar-refractivity contribution in [3.63, 3.8) is 0 Å². The third kappa shape index (κ3) is 4.13. The highest BCUT2D eigenvalue weighted by Gasteiger charge is 2.15. The molecule has 1 saturated heterocycles. The van der Waals surface area contributed by atoms with E-state index in [1.165, 1.54) is 0 Å². The van der Waals surface area contributed by atoms with Gasteiger partial charge >= 0.3 is 0 Å². The Kier molecular flexibility index (Phi) is 5.48. The zero-order chi connectivity index (χ0) is 16.9. The predicted molar refractivity (Wildman–Crippen MR) is 97.3 cm³/mol. The lowest BCUT2D eigenvalue weighted by molar-refractivity contribution is 0.0944. The van der Waals surface area contributed by atoms with Crippen molar-refractivity contribution in [2.24, 2.45) is 5.92 Å².